The lowest BCUT2D eigenvalue weighted by Crippen LogP contribution is -2.42. The summed E-state index contributed by atoms with van der Waals surface area (Å²) in [6, 6.07) is 9.15. The standard InChI is InChI=1S/C29H40N4O2/c1-29(2,3)35-28(34)33-17-9-21(10-18-33)8-14-32-15-11-22(12-16-32)23-5-6-24-25-20-30-13-7-26(25)31(4)27(24)19-23/h5-7,13,19-22H,8-12,14-18H2,1-4H3. The molecule has 2 aliphatic heterocycles. The number of amides is 1. The van der Waals surface area contributed by atoms with Gasteiger partial charge in [-0.3, -0.25) is 4.98 Å². The minimum absolute atomic E-state index is 0.156. The highest BCUT2D eigenvalue weighted by molar-refractivity contribution is 6.07. The van der Waals surface area contributed by atoms with E-state index in [1.165, 1.54) is 66.3 Å². The van der Waals surface area contributed by atoms with Gasteiger partial charge in [-0.2, -0.15) is 0 Å². The lowest BCUT2D eigenvalue weighted by molar-refractivity contribution is 0.0177. The molecule has 4 heterocycles. The van der Waals surface area contributed by atoms with Crippen molar-refractivity contribution in [2.75, 3.05) is 32.7 Å². The van der Waals surface area contributed by atoms with E-state index >= 15 is 0 Å². The first-order valence-electron chi connectivity index (χ1n) is 13.3. The summed E-state index contributed by atoms with van der Waals surface area (Å²) in [5.74, 6) is 1.36. The van der Waals surface area contributed by atoms with Crippen LogP contribution in [0.5, 0.6) is 0 Å². The highest BCUT2D eigenvalue weighted by atomic mass is 16.6. The van der Waals surface area contributed by atoms with Crippen molar-refractivity contribution >= 4 is 27.9 Å². The number of hydrogen-bond donors (Lipinski definition) is 0. The molecule has 0 N–H and O–H groups in total. The van der Waals surface area contributed by atoms with E-state index in [9.17, 15) is 4.79 Å². The summed E-state index contributed by atoms with van der Waals surface area (Å²) in [5.41, 5.74) is 3.62. The number of ether oxygens (including phenoxy) is 1. The zero-order valence-electron chi connectivity index (χ0n) is 21.8. The van der Waals surface area contributed by atoms with E-state index in [1.807, 2.05) is 38.1 Å². The molecule has 0 aliphatic carbocycles. The van der Waals surface area contributed by atoms with Crippen molar-refractivity contribution in [1.82, 2.24) is 19.4 Å². The molecule has 0 bridgehead atoms. The number of likely N-dealkylation sites (tertiary alicyclic amines) is 2. The Morgan fingerprint density at radius 1 is 1.00 bits per heavy atom. The predicted molar refractivity (Wildman–Crippen MR) is 142 cm³/mol. The van der Waals surface area contributed by atoms with Crippen LogP contribution >= 0.6 is 0 Å². The van der Waals surface area contributed by atoms with Gasteiger partial charge in [0.25, 0.3) is 0 Å². The normalized spacial score (nSPS) is 19.0. The maximum atomic E-state index is 12.3. The van der Waals surface area contributed by atoms with Gasteiger partial charge in [0.15, 0.2) is 0 Å². The Hall–Kier alpha value is -2.60. The summed E-state index contributed by atoms with van der Waals surface area (Å²) in [4.78, 5) is 21.2. The van der Waals surface area contributed by atoms with Gasteiger partial charge in [0.1, 0.15) is 5.60 Å². The fraction of sp³-hybridized carbons (Fsp3) is 0.586. The summed E-state index contributed by atoms with van der Waals surface area (Å²) in [7, 11) is 2.16. The molecule has 2 saturated heterocycles. The number of aromatic nitrogens is 2. The van der Waals surface area contributed by atoms with Crippen LogP contribution in [0.2, 0.25) is 0 Å². The molecule has 2 aromatic heterocycles. The summed E-state index contributed by atoms with van der Waals surface area (Å²) < 4.78 is 7.84. The number of hydrogen-bond acceptors (Lipinski definition) is 4. The lowest BCUT2D eigenvalue weighted by atomic mass is 9.88. The predicted octanol–water partition coefficient (Wildman–Crippen LogP) is 5.94. The SMILES string of the molecule is Cn1c2ccncc2c2ccc(C3CCN(CCC4CCN(C(=O)OC(C)(C)C)CC4)CC3)cc21. The van der Waals surface area contributed by atoms with E-state index in [0.717, 1.165) is 31.8 Å². The molecule has 0 saturated carbocycles. The van der Waals surface area contributed by atoms with Gasteiger partial charge >= 0.3 is 6.09 Å². The number of piperidine rings is 2. The minimum Gasteiger partial charge on any atom is -0.444 e. The van der Waals surface area contributed by atoms with Crippen LogP contribution in [0.15, 0.2) is 36.7 Å². The van der Waals surface area contributed by atoms with Gasteiger partial charge in [0.2, 0.25) is 0 Å². The van der Waals surface area contributed by atoms with E-state index in [2.05, 4.69) is 45.8 Å². The van der Waals surface area contributed by atoms with Gasteiger partial charge < -0.3 is 19.1 Å². The molecule has 0 spiro atoms. The molecule has 0 atom stereocenters. The first kappa shape index (κ1) is 24.1. The third-order valence-electron chi connectivity index (χ3n) is 8.01. The van der Waals surface area contributed by atoms with E-state index < -0.39 is 5.60 Å². The van der Waals surface area contributed by atoms with Crippen molar-refractivity contribution < 1.29 is 9.53 Å². The van der Waals surface area contributed by atoms with Gasteiger partial charge in [0.05, 0.1) is 5.52 Å². The van der Waals surface area contributed by atoms with Crippen LogP contribution < -0.4 is 0 Å². The Kier molecular flexibility index (Phi) is 6.75. The fourth-order valence-corrected chi connectivity index (χ4v) is 5.91. The Labute approximate surface area is 209 Å². The summed E-state index contributed by atoms with van der Waals surface area (Å²) >= 11 is 0. The Balaban J connectivity index is 1.10. The molecule has 0 radical (unpaired) electrons. The fourth-order valence-electron chi connectivity index (χ4n) is 5.91. The van der Waals surface area contributed by atoms with Crippen molar-refractivity contribution in [2.24, 2.45) is 13.0 Å². The van der Waals surface area contributed by atoms with Crippen LogP contribution in [0.4, 0.5) is 4.79 Å². The van der Waals surface area contributed by atoms with Gasteiger partial charge in [-0.05, 0) is 102 Å². The highest BCUT2D eigenvalue weighted by Gasteiger charge is 2.28. The van der Waals surface area contributed by atoms with Gasteiger partial charge in [-0.15, -0.1) is 0 Å². The molecule has 0 unspecified atom stereocenters. The quantitative estimate of drug-likeness (QED) is 0.467. The molecule has 1 amide bonds. The summed E-state index contributed by atoms with van der Waals surface area (Å²) in [6.07, 6.45) is 9.59. The molecular weight excluding hydrogens is 436 g/mol. The molecule has 6 heteroatoms. The Bertz CT molecular complexity index is 1180. The molecule has 3 aromatic rings. The maximum Gasteiger partial charge on any atom is 0.410 e. The number of benzene rings is 1. The molecule has 35 heavy (non-hydrogen) atoms. The largest absolute Gasteiger partial charge is 0.444 e. The second-order valence-corrected chi connectivity index (χ2v) is 11.5. The van der Waals surface area contributed by atoms with Crippen LogP contribution in [-0.4, -0.2) is 63.8 Å². The molecule has 5 rings (SSSR count). The van der Waals surface area contributed by atoms with Crippen molar-refractivity contribution in [2.45, 2.75) is 64.4 Å². The third kappa shape index (κ3) is 5.32. The lowest BCUT2D eigenvalue weighted by Gasteiger charge is -2.36. The number of carbonyl (C=O) groups excluding carboxylic acids is 1. The topological polar surface area (TPSA) is 50.6 Å². The summed E-state index contributed by atoms with van der Waals surface area (Å²) in [5, 5.41) is 2.54. The van der Waals surface area contributed by atoms with Gasteiger partial charge in [-0.25, -0.2) is 4.79 Å². The third-order valence-corrected chi connectivity index (χ3v) is 8.01. The molecule has 1 aromatic carbocycles. The van der Waals surface area contributed by atoms with Crippen LogP contribution in [-0.2, 0) is 11.8 Å². The van der Waals surface area contributed by atoms with Crippen molar-refractivity contribution in [3.05, 3.63) is 42.2 Å². The number of nitrogens with zero attached hydrogens (tertiary/aromatic N) is 4. The number of aryl methyl sites for hydroxylation is 1. The van der Waals surface area contributed by atoms with Crippen molar-refractivity contribution in [3.8, 4) is 0 Å². The number of rotatable bonds is 4. The summed E-state index contributed by atoms with van der Waals surface area (Å²) in [6.45, 7) is 11.0. The molecule has 2 aliphatic rings. The highest BCUT2D eigenvalue weighted by Crippen LogP contribution is 2.34. The average Bonchev–Trinajstić information content (AvgIpc) is 3.14. The Morgan fingerprint density at radius 3 is 2.46 bits per heavy atom. The number of carbonyl (C=O) groups is 1. The van der Waals surface area contributed by atoms with Crippen LogP contribution in [0, 0.1) is 5.92 Å². The minimum atomic E-state index is -0.418. The van der Waals surface area contributed by atoms with Crippen LogP contribution in [0.3, 0.4) is 0 Å². The van der Waals surface area contributed by atoms with E-state index in [1.54, 1.807) is 0 Å². The second-order valence-electron chi connectivity index (χ2n) is 11.5. The van der Waals surface area contributed by atoms with Crippen molar-refractivity contribution in [1.29, 1.82) is 0 Å². The number of pyridine rings is 1. The molecule has 188 valence electrons. The van der Waals surface area contributed by atoms with E-state index in [4.69, 9.17) is 4.74 Å². The van der Waals surface area contributed by atoms with Crippen LogP contribution in [0.25, 0.3) is 21.8 Å². The molecular formula is C29H40N4O2. The smallest absolute Gasteiger partial charge is 0.410 e. The van der Waals surface area contributed by atoms with Gasteiger partial charge in [-0.1, -0.05) is 12.1 Å². The first-order chi connectivity index (χ1) is 16.8. The van der Waals surface area contributed by atoms with E-state index in [0.29, 0.717) is 5.92 Å². The average molecular weight is 477 g/mol. The maximum absolute atomic E-state index is 12.3. The zero-order valence-corrected chi connectivity index (χ0v) is 21.8. The monoisotopic (exact) mass is 476 g/mol. The molecule has 2 fully saturated rings. The zero-order chi connectivity index (χ0) is 24.6. The van der Waals surface area contributed by atoms with Crippen molar-refractivity contribution in [3.63, 3.8) is 0 Å². The first-order valence-corrected chi connectivity index (χ1v) is 13.3. The Morgan fingerprint density at radius 2 is 1.74 bits per heavy atom. The molecule has 6 nitrogen and oxygen atoms in total. The number of fused-ring (bicyclic) bond motifs is 3. The van der Waals surface area contributed by atoms with Crippen LogP contribution in [0.1, 0.15) is 64.4 Å². The second kappa shape index (κ2) is 9.81. The van der Waals surface area contributed by atoms with E-state index in [-0.39, 0.29) is 6.09 Å². The van der Waals surface area contributed by atoms with Gasteiger partial charge in [0, 0.05) is 48.8 Å².